The van der Waals surface area contributed by atoms with Crippen LogP contribution in [-0.2, 0) is 22.4 Å². The lowest BCUT2D eigenvalue weighted by atomic mass is 9.94. The molecule has 1 unspecified atom stereocenters. The molecule has 0 spiro atoms. The molecule has 2 aliphatic heterocycles. The molecular formula is C28H24FNO4. The number of rotatable bonds is 5. The van der Waals surface area contributed by atoms with Crippen LogP contribution in [0.3, 0.4) is 0 Å². The monoisotopic (exact) mass is 457 g/mol. The summed E-state index contributed by atoms with van der Waals surface area (Å²) in [7, 11) is 0. The largest absolute Gasteiger partial charge is 0.507 e. The molecule has 1 fully saturated rings. The number of hydrogen-bond donors (Lipinski definition) is 1. The molecule has 3 aromatic carbocycles. The van der Waals surface area contributed by atoms with Crippen LogP contribution in [0.1, 0.15) is 34.7 Å². The molecule has 0 aliphatic carbocycles. The molecule has 0 radical (unpaired) electrons. The maximum atomic E-state index is 13.3. The number of aliphatic hydroxyl groups is 1. The summed E-state index contributed by atoms with van der Waals surface area (Å²) in [4.78, 5) is 27.8. The Labute approximate surface area is 197 Å². The second-order valence-electron chi connectivity index (χ2n) is 8.55. The zero-order valence-corrected chi connectivity index (χ0v) is 18.5. The van der Waals surface area contributed by atoms with E-state index in [-0.39, 0.29) is 23.7 Å². The van der Waals surface area contributed by atoms with Crippen LogP contribution in [0.25, 0.3) is 5.76 Å². The lowest BCUT2D eigenvalue weighted by molar-refractivity contribution is -0.139. The number of hydrogen-bond acceptors (Lipinski definition) is 4. The fraction of sp³-hybridized carbons (Fsp3) is 0.214. The van der Waals surface area contributed by atoms with Gasteiger partial charge >= 0.3 is 0 Å². The maximum Gasteiger partial charge on any atom is 0.295 e. The van der Waals surface area contributed by atoms with E-state index in [1.165, 1.54) is 17.0 Å². The Hall–Kier alpha value is -3.93. The second-order valence-corrected chi connectivity index (χ2v) is 8.55. The van der Waals surface area contributed by atoms with Crippen molar-refractivity contribution in [2.75, 3.05) is 13.2 Å². The summed E-state index contributed by atoms with van der Waals surface area (Å²) in [5.74, 6) is -1.10. The summed E-state index contributed by atoms with van der Waals surface area (Å²) < 4.78 is 18.9. The van der Waals surface area contributed by atoms with Gasteiger partial charge in [0.25, 0.3) is 11.7 Å². The van der Waals surface area contributed by atoms with Gasteiger partial charge in [-0.25, -0.2) is 4.39 Å². The lowest BCUT2D eigenvalue weighted by Gasteiger charge is -2.25. The number of ketones is 1. The highest BCUT2D eigenvalue weighted by Gasteiger charge is 2.45. The Balaban J connectivity index is 1.54. The molecule has 1 atom stereocenters. The van der Waals surface area contributed by atoms with Crippen molar-refractivity contribution in [2.45, 2.75) is 25.3 Å². The molecule has 3 aromatic rings. The van der Waals surface area contributed by atoms with Gasteiger partial charge in [-0.1, -0.05) is 42.5 Å². The van der Waals surface area contributed by atoms with Gasteiger partial charge in [0.1, 0.15) is 17.3 Å². The molecule has 0 saturated carbocycles. The van der Waals surface area contributed by atoms with Crippen LogP contribution in [0.15, 0.2) is 78.4 Å². The Bertz CT molecular complexity index is 1270. The Morgan fingerprint density at radius 3 is 2.56 bits per heavy atom. The smallest absolute Gasteiger partial charge is 0.295 e. The van der Waals surface area contributed by atoms with Crippen molar-refractivity contribution in [3.63, 3.8) is 0 Å². The molecule has 5 nitrogen and oxygen atoms in total. The topological polar surface area (TPSA) is 66.8 Å². The maximum absolute atomic E-state index is 13.3. The van der Waals surface area contributed by atoms with E-state index in [2.05, 4.69) is 0 Å². The Morgan fingerprint density at radius 1 is 1.03 bits per heavy atom. The number of amides is 1. The molecule has 2 heterocycles. The van der Waals surface area contributed by atoms with E-state index in [1.807, 2.05) is 36.4 Å². The highest BCUT2D eigenvalue weighted by Crippen LogP contribution is 2.40. The van der Waals surface area contributed by atoms with Crippen molar-refractivity contribution in [2.24, 2.45) is 0 Å². The zero-order valence-electron chi connectivity index (χ0n) is 18.5. The van der Waals surface area contributed by atoms with Gasteiger partial charge in [0, 0.05) is 12.1 Å². The molecule has 0 bridgehead atoms. The first-order chi connectivity index (χ1) is 16.5. The van der Waals surface area contributed by atoms with Crippen LogP contribution in [0, 0.1) is 5.82 Å². The van der Waals surface area contributed by atoms with Crippen LogP contribution in [0.4, 0.5) is 4.39 Å². The van der Waals surface area contributed by atoms with Crippen molar-refractivity contribution in [1.29, 1.82) is 0 Å². The van der Waals surface area contributed by atoms with Gasteiger partial charge in [0.15, 0.2) is 0 Å². The molecular weight excluding hydrogens is 433 g/mol. The number of nitrogens with zero attached hydrogens (tertiary/aromatic N) is 1. The number of carbonyl (C=O) groups excluding carboxylic acids is 2. The van der Waals surface area contributed by atoms with E-state index in [1.54, 1.807) is 24.3 Å². The average Bonchev–Trinajstić information content (AvgIpc) is 3.13. The van der Waals surface area contributed by atoms with Gasteiger partial charge in [-0.15, -0.1) is 0 Å². The molecule has 172 valence electrons. The number of ether oxygens (including phenoxy) is 1. The third-order valence-electron chi connectivity index (χ3n) is 6.39. The Morgan fingerprint density at radius 2 is 1.79 bits per heavy atom. The SMILES string of the molecule is O=C1C(=O)N(CCc2ccc(F)cc2)C(c2ccccc2)/C1=C(/O)c1ccc2c(c1)CCCO2. The fourth-order valence-electron chi connectivity index (χ4n) is 4.66. The average molecular weight is 458 g/mol. The summed E-state index contributed by atoms with van der Waals surface area (Å²) in [6.45, 7) is 0.913. The van der Waals surface area contributed by atoms with E-state index in [0.717, 1.165) is 35.3 Å². The highest BCUT2D eigenvalue weighted by atomic mass is 19.1. The highest BCUT2D eigenvalue weighted by molar-refractivity contribution is 6.46. The molecule has 1 N–H and O–H groups in total. The van der Waals surface area contributed by atoms with Gasteiger partial charge in [-0.2, -0.15) is 0 Å². The minimum Gasteiger partial charge on any atom is -0.507 e. The molecule has 2 aliphatic rings. The summed E-state index contributed by atoms with van der Waals surface area (Å²) in [5.41, 5.74) is 3.12. The minimum atomic E-state index is -0.714. The predicted octanol–water partition coefficient (Wildman–Crippen LogP) is 4.82. The molecule has 1 saturated heterocycles. The van der Waals surface area contributed by atoms with E-state index in [9.17, 15) is 19.1 Å². The van der Waals surface area contributed by atoms with Gasteiger partial charge in [-0.3, -0.25) is 9.59 Å². The molecule has 5 rings (SSSR count). The molecule has 1 amide bonds. The lowest BCUT2D eigenvalue weighted by Crippen LogP contribution is -2.31. The van der Waals surface area contributed by atoms with Gasteiger partial charge in [0.2, 0.25) is 0 Å². The number of halogens is 1. The van der Waals surface area contributed by atoms with E-state index >= 15 is 0 Å². The summed E-state index contributed by atoms with van der Waals surface area (Å²) in [5, 5.41) is 11.3. The van der Waals surface area contributed by atoms with Crippen LogP contribution in [0.5, 0.6) is 5.75 Å². The van der Waals surface area contributed by atoms with Crippen molar-refractivity contribution in [3.8, 4) is 5.75 Å². The minimum absolute atomic E-state index is 0.0759. The predicted molar refractivity (Wildman–Crippen MR) is 126 cm³/mol. The number of aryl methyl sites for hydroxylation is 1. The molecule has 34 heavy (non-hydrogen) atoms. The quantitative estimate of drug-likeness (QED) is 0.339. The first-order valence-electron chi connectivity index (χ1n) is 11.4. The molecule has 0 aromatic heterocycles. The number of fused-ring (bicyclic) bond motifs is 1. The van der Waals surface area contributed by atoms with Gasteiger partial charge < -0.3 is 14.7 Å². The van der Waals surface area contributed by atoms with E-state index in [0.29, 0.717) is 18.6 Å². The first kappa shape index (κ1) is 21.9. The second kappa shape index (κ2) is 9.14. The number of aliphatic hydroxyl groups excluding tert-OH is 1. The summed E-state index contributed by atoms with van der Waals surface area (Å²) >= 11 is 0. The van der Waals surface area contributed by atoms with Crippen LogP contribution < -0.4 is 4.74 Å². The molecule has 6 heteroatoms. The normalized spacial score (nSPS) is 19.1. The van der Waals surface area contributed by atoms with Crippen LogP contribution >= 0.6 is 0 Å². The number of Topliss-reactive ketones (excluding diaryl/α,β-unsaturated/α-hetero) is 1. The fourth-order valence-corrected chi connectivity index (χ4v) is 4.66. The summed E-state index contributed by atoms with van der Waals surface area (Å²) in [6, 6.07) is 19.9. The number of benzene rings is 3. The van der Waals surface area contributed by atoms with Crippen molar-refractivity contribution in [3.05, 3.63) is 106 Å². The zero-order chi connectivity index (χ0) is 23.7. The van der Waals surface area contributed by atoms with Crippen molar-refractivity contribution in [1.82, 2.24) is 4.90 Å². The van der Waals surface area contributed by atoms with Gasteiger partial charge in [0.05, 0.1) is 18.2 Å². The van der Waals surface area contributed by atoms with Crippen LogP contribution in [0.2, 0.25) is 0 Å². The van der Waals surface area contributed by atoms with Gasteiger partial charge in [-0.05, 0) is 66.3 Å². The van der Waals surface area contributed by atoms with Crippen molar-refractivity contribution < 1.29 is 23.8 Å². The number of likely N-dealkylation sites (tertiary alicyclic amines) is 1. The summed E-state index contributed by atoms with van der Waals surface area (Å²) in [6.07, 6.45) is 2.16. The van der Waals surface area contributed by atoms with E-state index < -0.39 is 17.7 Å². The Kier molecular flexibility index (Phi) is 5.88. The third-order valence-corrected chi connectivity index (χ3v) is 6.39. The van der Waals surface area contributed by atoms with Crippen LogP contribution in [-0.4, -0.2) is 34.8 Å². The third kappa shape index (κ3) is 4.07. The van der Waals surface area contributed by atoms with E-state index in [4.69, 9.17) is 4.74 Å². The standard InChI is InChI=1S/C28H24FNO4/c29-22-11-8-18(9-12-22)14-15-30-25(19-5-2-1-3-6-19)24(27(32)28(30)33)26(31)21-10-13-23-20(17-21)7-4-16-34-23/h1-3,5-6,8-13,17,25,31H,4,7,14-16H2/b26-24-. The van der Waals surface area contributed by atoms with Crippen molar-refractivity contribution >= 4 is 17.4 Å². The number of carbonyl (C=O) groups is 2. The first-order valence-corrected chi connectivity index (χ1v) is 11.4.